The zero-order valence-corrected chi connectivity index (χ0v) is 19.1. The van der Waals surface area contributed by atoms with Crippen LogP contribution < -0.4 is 15.4 Å². The summed E-state index contributed by atoms with van der Waals surface area (Å²) in [6.45, 7) is 5.51. The molecule has 2 heterocycles. The second kappa shape index (κ2) is 9.62. The van der Waals surface area contributed by atoms with E-state index in [1.165, 1.54) is 0 Å². The first-order valence-electron chi connectivity index (χ1n) is 10.7. The lowest BCUT2D eigenvalue weighted by Crippen LogP contribution is -2.32. The molecule has 9 nitrogen and oxygen atoms in total. The van der Waals surface area contributed by atoms with Gasteiger partial charge in [0.25, 0.3) is 5.91 Å². The van der Waals surface area contributed by atoms with Crippen molar-refractivity contribution in [3.05, 3.63) is 84.3 Å². The van der Waals surface area contributed by atoms with Crippen molar-refractivity contribution in [2.75, 3.05) is 5.32 Å². The zero-order chi connectivity index (χ0) is 24.1. The van der Waals surface area contributed by atoms with Crippen LogP contribution in [0.25, 0.3) is 5.78 Å². The number of hydrogen-bond donors (Lipinski definition) is 2. The number of anilines is 1. The normalized spacial score (nSPS) is 11.1. The maximum absolute atomic E-state index is 12.6. The molecule has 174 valence electrons. The lowest BCUT2D eigenvalue weighted by atomic mass is 10.2. The third kappa shape index (κ3) is 5.89. The fraction of sp³-hybridized carbons (Fsp3) is 0.200. The zero-order valence-electron chi connectivity index (χ0n) is 19.1. The molecule has 9 heteroatoms. The third-order valence-electron chi connectivity index (χ3n) is 4.56. The number of alkyl carbamates (subject to hydrolysis) is 1. The minimum absolute atomic E-state index is 0.133. The monoisotopic (exact) mass is 459 g/mol. The van der Waals surface area contributed by atoms with Crippen molar-refractivity contribution in [1.29, 1.82) is 0 Å². The van der Waals surface area contributed by atoms with Gasteiger partial charge in [0.15, 0.2) is 0 Å². The highest BCUT2D eigenvalue weighted by atomic mass is 16.6. The molecule has 2 amide bonds. The van der Waals surface area contributed by atoms with Gasteiger partial charge in [-0.05, 0) is 51.1 Å². The van der Waals surface area contributed by atoms with Gasteiger partial charge in [-0.2, -0.15) is 0 Å². The topological polar surface area (TPSA) is 107 Å². The highest BCUT2D eigenvalue weighted by Crippen LogP contribution is 2.24. The maximum atomic E-state index is 12.6. The summed E-state index contributed by atoms with van der Waals surface area (Å²) in [6.07, 6.45) is 2.77. The van der Waals surface area contributed by atoms with Crippen molar-refractivity contribution in [2.45, 2.75) is 32.9 Å². The van der Waals surface area contributed by atoms with E-state index in [0.717, 1.165) is 0 Å². The predicted molar refractivity (Wildman–Crippen MR) is 127 cm³/mol. The van der Waals surface area contributed by atoms with E-state index in [0.29, 0.717) is 34.4 Å². The highest BCUT2D eigenvalue weighted by Gasteiger charge is 2.17. The lowest BCUT2D eigenvalue weighted by molar-refractivity contribution is 0.0522. The molecule has 0 atom stereocenters. The summed E-state index contributed by atoms with van der Waals surface area (Å²) in [4.78, 5) is 33.3. The van der Waals surface area contributed by atoms with Gasteiger partial charge in [-0.3, -0.25) is 9.20 Å². The van der Waals surface area contributed by atoms with Crippen LogP contribution in [0.3, 0.4) is 0 Å². The van der Waals surface area contributed by atoms with Crippen LogP contribution in [0.5, 0.6) is 11.6 Å². The van der Waals surface area contributed by atoms with E-state index in [1.54, 1.807) is 67.9 Å². The molecule has 0 spiro atoms. The molecule has 0 saturated carbocycles. The molecule has 0 unspecified atom stereocenters. The Morgan fingerprint density at radius 1 is 1.03 bits per heavy atom. The lowest BCUT2D eigenvalue weighted by Gasteiger charge is -2.19. The van der Waals surface area contributed by atoms with Gasteiger partial charge in [0, 0.05) is 29.7 Å². The van der Waals surface area contributed by atoms with Gasteiger partial charge in [0.1, 0.15) is 11.4 Å². The minimum atomic E-state index is -0.601. The van der Waals surface area contributed by atoms with Gasteiger partial charge in [0.05, 0.1) is 12.2 Å². The first kappa shape index (κ1) is 22.8. The number of para-hydroxylation sites is 1. The van der Waals surface area contributed by atoms with E-state index >= 15 is 0 Å². The van der Waals surface area contributed by atoms with Gasteiger partial charge in [-0.1, -0.05) is 24.3 Å². The molecule has 0 bridgehead atoms. The van der Waals surface area contributed by atoms with E-state index in [1.807, 2.05) is 30.3 Å². The SMILES string of the molecule is CC(C)(C)OC(=O)NCc1cc(Oc2cccc(C(=O)Nc3ccccc3)c2)n2ccnc2n1. The molecule has 34 heavy (non-hydrogen) atoms. The molecule has 0 fully saturated rings. The van der Waals surface area contributed by atoms with Crippen molar-refractivity contribution >= 4 is 23.5 Å². The standard InChI is InChI=1S/C25H25N5O4/c1-25(2,3)34-24(32)27-16-19-15-21(30-13-12-26-23(30)29-19)33-20-11-7-8-17(14-20)22(31)28-18-9-5-4-6-10-18/h4-15H,16H2,1-3H3,(H,27,32)(H,28,31). The number of imidazole rings is 1. The number of nitrogens with one attached hydrogen (secondary N) is 2. The minimum Gasteiger partial charge on any atom is -0.444 e. The van der Waals surface area contributed by atoms with E-state index < -0.39 is 11.7 Å². The first-order valence-corrected chi connectivity index (χ1v) is 10.7. The number of benzene rings is 2. The fourth-order valence-corrected chi connectivity index (χ4v) is 3.12. The second-order valence-electron chi connectivity index (χ2n) is 8.49. The molecule has 0 aliphatic carbocycles. The highest BCUT2D eigenvalue weighted by molar-refractivity contribution is 6.04. The molecule has 4 rings (SSSR count). The van der Waals surface area contributed by atoms with Gasteiger partial charge >= 0.3 is 6.09 Å². The van der Waals surface area contributed by atoms with Crippen molar-refractivity contribution in [1.82, 2.24) is 19.7 Å². The van der Waals surface area contributed by atoms with Gasteiger partial charge in [0.2, 0.25) is 11.7 Å². The number of carbonyl (C=O) groups excluding carboxylic acids is 2. The second-order valence-corrected chi connectivity index (χ2v) is 8.49. The molecular formula is C25H25N5O4. The van der Waals surface area contributed by atoms with Crippen molar-refractivity contribution < 1.29 is 19.1 Å². The predicted octanol–water partition coefficient (Wildman–Crippen LogP) is 4.80. The number of nitrogens with zero attached hydrogens (tertiary/aromatic N) is 3. The van der Waals surface area contributed by atoms with Crippen LogP contribution in [0.15, 0.2) is 73.1 Å². The van der Waals surface area contributed by atoms with Gasteiger partial charge in [-0.15, -0.1) is 0 Å². The Morgan fingerprint density at radius 2 is 1.82 bits per heavy atom. The summed E-state index contributed by atoms with van der Waals surface area (Å²) in [5.74, 6) is 1.06. The number of fused-ring (bicyclic) bond motifs is 1. The number of rotatable bonds is 6. The average molecular weight is 460 g/mol. The Bertz CT molecular complexity index is 1310. The fourth-order valence-electron chi connectivity index (χ4n) is 3.12. The molecule has 2 N–H and O–H groups in total. The van der Waals surface area contributed by atoms with Gasteiger partial charge in [-0.25, -0.2) is 14.8 Å². The van der Waals surface area contributed by atoms with Crippen LogP contribution in [0.4, 0.5) is 10.5 Å². The number of amides is 2. The van der Waals surface area contributed by atoms with E-state index in [9.17, 15) is 9.59 Å². The largest absolute Gasteiger partial charge is 0.444 e. The van der Waals surface area contributed by atoms with Crippen molar-refractivity contribution in [2.24, 2.45) is 0 Å². The summed E-state index contributed by atoms with van der Waals surface area (Å²) < 4.78 is 13.0. The molecule has 0 radical (unpaired) electrons. The Balaban J connectivity index is 1.51. The number of ether oxygens (including phenoxy) is 2. The smallest absolute Gasteiger partial charge is 0.407 e. The summed E-state index contributed by atoms with van der Waals surface area (Å²) in [7, 11) is 0. The Kier molecular flexibility index (Phi) is 6.44. The summed E-state index contributed by atoms with van der Waals surface area (Å²) in [5.41, 5.74) is 1.09. The third-order valence-corrected chi connectivity index (χ3v) is 4.56. The molecule has 4 aromatic rings. The quantitative estimate of drug-likeness (QED) is 0.429. The average Bonchev–Trinajstić information content (AvgIpc) is 3.26. The summed E-state index contributed by atoms with van der Waals surface area (Å²) in [6, 6.07) is 17.8. The van der Waals surface area contributed by atoms with Crippen LogP contribution in [0.1, 0.15) is 36.8 Å². The molecule has 2 aromatic carbocycles. The van der Waals surface area contributed by atoms with Crippen molar-refractivity contribution in [3.8, 4) is 11.6 Å². The molecule has 0 aliphatic rings. The molecule has 2 aromatic heterocycles. The Labute approximate surface area is 196 Å². The number of carbonyl (C=O) groups is 2. The number of hydrogen-bond acceptors (Lipinski definition) is 6. The maximum Gasteiger partial charge on any atom is 0.407 e. The van der Waals surface area contributed by atoms with E-state index in [4.69, 9.17) is 9.47 Å². The van der Waals surface area contributed by atoms with Gasteiger partial charge < -0.3 is 20.1 Å². The van der Waals surface area contributed by atoms with Crippen LogP contribution in [0, 0.1) is 0 Å². The van der Waals surface area contributed by atoms with Crippen LogP contribution in [-0.2, 0) is 11.3 Å². The van der Waals surface area contributed by atoms with E-state index in [2.05, 4.69) is 20.6 Å². The van der Waals surface area contributed by atoms with Crippen LogP contribution in [0.2, 0.25) is 0 Å². The van der Waals surface area contributed by atoms with E-state index in [-0.39, 0.29) is 12.5 Å². The molecule has 0 aliphatic heterocycles. The first-order chi connectivity index (χ1) is 16.3. The molecule has 0 saturated heterocycles. The summed E-state index contributed by atoms with van der Waals surface area (Å²) in [5, 5.41) is 5.54. The summed E-state index contributed by atoms with van der Waals surface area (Å²) >= 11 is 0. The Hall–Kier alpha value is -4.40. The van der Waals surface area contributed by atoms with Crippen LogP contribution in [-0.4, -0.2) is 32.0 Å². The van der Waals surface area contributed by atoms with Crippen LogP contribution >= 0.6 is 0 Å². The molecular weight excluding hydrogens is 434 g/mol. The number of aromatic nitrogens is 3. The Morgan fingerprint density at radius 3 is 2.59 bits per heavy atom. The van der Waals surface area contributed by atoms with Crippen molar-refractivity contribution in [3.63, 3.8) is 0 Å².